The van der Waals surface area contributed by atoms with E-state index in [9.17, 15) is 9.59 Å². The number of rotatable bonds is 4. The quantitative estimate of drug-likeness (QED) is 0.702. The van der Waals surface area contributed by atoms with E-state index >= 15 is 0 Å². The van der Waals surface area contributed by atoms with Gasteiger partial charge < -0.3 is 23.0 Å². The Bertz CT molecular complexity index is 674. The largest absolute Gasteiger partial charge is 1.00 e. The number of halogens is 1. The highest BCUT2D eigenvalue weighted by Gasteiger charge is 2.11. The number of nitrogens with zero attached hydrogens (tertiary/aromatic N) is 1. The lowest BCUT2D eigenvalue weighted by molar-refractivity contribution is -0.690. The summed E-state index contributed by atoms with van der Waals surface area (Å²) in [5.41, 5.74) is 2.32. The molecule has 1 heterocycles. The molecule has 0 spiro atoms. The van der Waals surface area contributed by atoms with Crippen LogP contribution in [0.4, 0.5) is 11.4 Å². The monoisotopic (exact) mass is 319 g/mol. The number of aryl methyl sites for hydroxylation is 1. The molecule has 0 atom stereocenters. The van der Waals surface area contributed by atoms with Gasteiger partial charge in [0.05, 0.1) is 0 Å². The van der Waals surface area contributed by atoms with E-state index in [1.165, 1.54) is 6.92 Å². The van der Waals surface area contributed by atoms with Crippen molar-refractivity contribution in [3.63, 3.8) is 0 Å². The van der Waals surface area contributed by atoms with Crippen molar-refractivity contribution in [3.05, 3.63) is 54.4 Å². The van der Waals surface area contributed by atoms with Gasteiger partial charge in [-0.2, -0.15) is 4.57 Å². The van der Waals surface area contributed by atoms with Crippen molar-refractivity contribution in [1.29, 1.82) is 0 Å². The minimum atomic E-state index is -0.144. The fraction of sp³-hybridized carbons (Fsp3) is 0.188. The van der Waals surface area contributed by atoms with Gasteiger partial charge in [-0.1, -0.05) is 12.1 Å². The molecule has 2 amide bonds. The van der Waals surface area contributed by atoms with E-state index in [2.05, 4.69) is 10.6 Å². The lowest BCUT2D eigenvalue weighted by atomic mass is 10.2. The molecule has 0 fully saturated rings. The second-order valence-electron chi connectivity index (χ2n) is 4.78. The highest BCUT2D eigenvalue weighted by molar-refractivity contribution is 5.92. The molecule has 2 N–H and O–H groups in total. The topological polar surface area (TPSA) is 62.1 Å². The Morgan fingerprint density at radius 3 is 2.36 bits per heavy atom. The number of carbonyl (C=O) groups is 2. The van der Waals surface area contributed by atoms with E-state index in [0.717, 1.165) is 5.69 Å². The molecule has 0 saturated heterocycles. The zero-order chi connectivity index (χ0) is 15.2. The SMILES string of the molecule is CC(=O)Nc1cccc(NC(=O)C[n+]2ccccc2C)c1.[Cl-]. The number of hydrogen-bond acceptors (Lipinski definition) is 2. The number of amides is 2. The number of hydrogen-bond donors (Lipinski definition) is 2. The van der Waals surface area contributed by atoms with Crippen LogP contribution in [-0.4, -0.2) is 11.8 Å². The first-order chi connectivity index (χ1) is 10.0. The van der Waals surface area contributed by atoms with Crippen LogP contribution in [0.25, 0.3) is 0 Å². The predicted octanol–water partition coefficient (Wildman–Crippen LogP) is -1.12. The molecule has 0 radical (unpaired) electrons. The number of carbonyl (C=O) groups excluding carboxylic acids is 2. The van der Waals surface area contributed by atoms with Gasteiger partial charge in [-0.15, -0.1) is 0 Å². The summed E-state index contributed by atoms with van der Waals surface area (Å²) < 4.78 is 1.87. The van der Waals surface area contributed by atoms with Gasteiger partial charge >= 0.3 is 0 Å². The van der Waals surface area contributed by atoms with Crippen LogP contribution in [0.1, 0.15) is 12.6 Å². The third-order valence-electron chi connectivity index (χ3n) is 2.95. The minimum Gasteiger partial charge on any atom is -1.00 e. The van der Waals surface area contributed by atoms with Crippen LogP contribution in [-0.2, 0) is 16.1 Å². The van der Waals surface area contributed by atoms with Crippen molar-refractivity contribution >= 4 is 23.2 Å². The van der Waals surface area contributed by atoms with Gasteiger partial charge in [0.25, 0.3) is 5.91 Å². The van der Waals surface area contributed by atoms with Crippen LogP contribution in [0.15, 0.2) is 48.7 Å². The van der Waals surface area contributed by atoms with E-state index in [1.54, 1.807) is 24.3 Å². The van der Waals surface area contributed by atoms with Crippen molar-refractivity contribution < 1.29 is 26.6 Å². The van der Waals surface area contributed by atoms with Crippen molar-refractivity contribution in [2.24, 2.45) is 0 Å². The third-order valence-corrected chi connectivity index (χ3v) is 2.95. The van der Waals surface area contributed by atoms with Gasteiger partial charge in [0.2, 0.25) is 12.5 Å². The summed E-state index contributed by atoms with van der Waals surface area (Å²) in [4.78, 5) is 23.1. The van der Waals surface area contributed by atoms with Crippen LogP contribution >= 0.6 is 0 Å². The number of benzene rings is 1. The van der Waals surface area contributed by atoms with E-state index < -0.39 is 0 Å². The standard InChI is InChI=1S/C16H17N3O2.ClH/c1-12-6-3-4-9-19(12)11-16(21)18-15-8-5-7-14(10-15)17-13(2)20;/h3-10H,11H2,1-2H3,(H-,17,18,20,21);1H. The first-order valence-corrected chi connectivity index (χ1v) is 6.67. The van der Waals surface area contributed by atoms with Gasteiger partial charge in [-0.25, -0.2) is 0 Å². The van der Waals surface area contributed by atoms with Gasteiger partial charge in [0, 0.05) is 37.4 Å². The van der Waals surface area contributed by atoms with Gasteiger partial charge in [-0.3, -0.25) is 9.59 Å². The summed E-state index contributed by atoms with van der Waals surface area (Å²) in [5.74, 6) is -0.261. The molecule has 0 aliphatic carbocycles. The first-order valence-electron chi connectivity index (χ1n) is 6.67. The number of anilines is 2. The highest BCUT2D eigenvalue weighted by atomic mass is 35.5. The summed E-state index contributed by atoms with van der Waals surface area (Å²) in [5, 5.41) is 5.50. The molecule has 116 valence electrons. The Morgan fingerprint density at radius 2 is 1.73 bits per heavy atom. The molecule has 0 aliphatic heterocycles. The smallest absolute Gasteiger partial charge is 0.290 e. The molecule has 2 aromatic rings. The molecule has 5 nitrogen and oxygen atoms in total. The molecule has 6 heteroatoms. The molecule has 0 saturated carbocycles. The fourth-order valence-electron chi connectivity index (χ4n) is 1.97. The summed E-state index contributed by atoms with van der Waals surface area (Å²) in [6, 6.07) is 12.8. The van der Waals surface area contributed by atoms with Crippen LogP contribution in [0.5, 0.6) is 0 Å². The zero-order valence-electron chi connectivity index (χ0n) is 12.5. The van der Waals surface area contributed by atoms with Crippen molar-refractivity contribution in [2.75, 3.05) is 10.6 Å². The lowest BCUT2D eigenvalue weighted by Gasteiger charge is -2.07. The molecule has 22 heavy (non-hydrogen) atoms. The molecule has 1 aromatic heterocycles. The Labute approximate surface area is 135 Å². The van der Waals surface area contributed by atoms with E-state index in [4.69, 9.17) is 0 Å². The summed E-state index contributed by atoms with van der Waals surface area (Å²) in [6.07, 6.45) is 1.86. The van der Waals surface area contributed by atoms with E-state index in [-0.39, 0.29) is 30.8 Å². The predicted molar refractivity (Wildman–Crippen MR) is 80.7 cm³/mol. The highest BCUT2D eigenvalue weighted by Crippen LogP contribution is 2.14. The first kappa shape index (κ1) is 17.7. The van der Waals surface area contributed by atoms with Crippen molar-refractivity contribution in [1.82, 2.24) is 0 Å². The Hall–Kier alpha value is -2.40. The number of nitrogens with one attached hydrogen (secondary N) is 2. The molecule has 0 unspecified atom stereocenters. The molecule has 1 aromatic carbocycles. The fourth-order valence-corrected chi connectivity index (χ4v) is 1.97. The van der Waals surface area contributed by atoms with Gasteiger partial charge in [0.1, 0.15) is 0 Å². The normalized spacial score (nSPS) is 9.55. The maximum absolute atomic E-state index is 12.0. The third kappa shape index (κ3) is 5.18. The average Bonchev–Trinajstić information content (AvgIpc) is 2.41. The minimum absolute atomic E-state index is 0. The van der Waals surface area contributed by atoms with Crippen LogP contribution in [0, 0.1) is 6.92 Å². The Morgan fingerprint density at radius 1 is 1.05 bits per heavy atom. The zero-order valence-corrected chi connectivity index (χ0v) is 13.2. The molecule has 0 aliphatic rings. The van der Waals surface area contributed by atoms with Crippen molar-refractivity contribution in [2.45, 2.75) is 20.4 Å². The maximum Gasteiger partial charge on any atom is 0.290 e. The Kier molecular flexibility index (Phi) is 6.53. The second-order valence-corrected chi connectivity index (χ2v) is 4.78. The molecule has 0 bridgehead atoms. The van der Waals surface area contributed by atoms with Gasteiger partial charge in [0.15, 0.2) is 11.9 Å². The summed E-state index contributed by atoms with van der Waals surface area (Å²) >= 11 is 0. The van der Waals surface area contributed by atoms with Gasteiger partial charge in [-0.05, 0) is 18.2 Å². The molecular formula is C16H18ClN3O2. The van der Waals surface area contributed by atoms with Crippen molar-refractivity contribution in [3.8, 4) is 0 Å². The number of aromatic nitrogens is 1. The molecular weight excluding hydrogens is 302 g/mol. The molecule has 2 rings (SSSR count). The van der Waals surface area contributed by atoms with Crippen LogP contribution in [0.2, 0.25) is 0 Å². The Balaban J connectivity index is 0.00000242. The van der Waals surface area contributed by atoms with Crippen LogP contribution in [0.3, 0.4) is 0 Å². The number of pyridine rings is 1. The van der Waals surface area contributed by atoms with E-state index in [0.29, 0.717) is 11.4 Å². The average molecular weight is 320 g/mol. The van der Waals surface area contributed by atoms with E-state index in [1.807, 2.05) is 35.9 Å². The summed E-state index contributed by atoms with van der Waals surface area (Å²) in [6.45, 7) is 3.64. The van der Waals surface area contributed by atoms with Crippen LogP contribution < -0.4 is 27.6 Å². The summed E-state index contributed by atoms with van der Waals surface area (Å²) in [7, 11) is 0. The lowest BCUT2D eigenvalue weighted by Crippen LogP contribution is -3.00. The maximum atomic E-state index is 12.0. The second kappa shape index (κ2) is 8.14.